The highest BCUT2D eigenvalue weighted by Crippen LogP contribution is 2.45. The van der Waals surface area contributed by atoms with Gasteiger partial charge in [-0.2, -0.15) is 0 Å². The Labute approximate surface area is 303 Å². The molecule has 0 N–H and O–H groups in total. The molecule has 0 saturated heterocycles. The molecular weight excluding hydrogens is 629 g/mol. The highest BCUT2D eigenvalue weighted by Gasteiger charge is 2.21. The van der Waals surface area contributed by atoms with Crippen molar-refractivity contribution in [3.8, 4) is 33.4 Å². The number of anilines is 3. The summed E-state index contributed by atoms with van der Waals surface area (Å²) in [6.07, 6.45) is 0. The molecule has 0 spiro atoms. The molecule has 246 valence electrons. The zero-order valence-corrected chi connectivity index (χ0v) is 29.2. The summed E-state index contributed by atoms with van der Waals surface area (Å²) in [5.74, 6) is 0. The largest absolute Gasteiger partial charge is 0.310 e. The molecule has 0 aliphatic heterocycles. The van der Waals surface area contributed by atoms with Crippen LogP contribution in [-0.4, -0.2) is 4.40 Å². The van der Waals surface area contributed by atoms with E-state index in [0.717, 1.165) is 17.1 Å². The molecule has 2 nitrogen and oxygen atoms in total. The Morgan fingerprint density at radius 1 is 0.365 bits per heavy atom. The quantitative estimate of drug-likeness (QED) is 0.172. The molecule has 0 radical (unpaired) electrons. The molecule has 0 atom stereocenters. The van der Waals surface area contributed by atoms with E-state index in [-0.39, 0.29) is 0 Å². The first-order chi connectivity index (χ1) is 25.6. The second kappa shape index (κ2) is 12.0. The minimum Gasteiger partial charge on any atom is -0.310 e. The predicted octanol–water partition coefficient (Wildman–Crippen LogP) is 13.9. The van der Waals surface area contributed by atoms with Crippen molar-refractivity contribution in [1.29, 1.82) is 0 Å². The smallest absolute Gasteiger partial charge is 0.0620 e. The summed E-state index contributed by atoms with van der Waals surface area (Å²) >= 11 is 0. The van der Waals surface area contributed by atoms with Gasteiger partial charge in [-0.1, -0.05) is 140 Å². The molecule has 10 rings (SSSR count). The van der Waals surface area contributed by atoms with E-state index < -0.39 is 0 Å². The number of nitrogens with zero attached hydrogens (tertiary/aromatic N) is 2. The minimum atomic E-state index is 1.11. The highest BCUT2D eigenvalue weighted by atomic mass is 15.1. The number of para-hydroxylation sites is 3. The van der Waals surface area contributed by atoms with Crippen molar-refractivity contribution in [2.24, 2.45) is 0 Å². The summed E-state index contributed by atoms with van der Waals surface area (Å²) in [7, 11) is 0. The third kappa shape index (κ3) is 4.72. The average Bonchev–Trinajstić information content (AvgIpc) is 3.72. The number of benzene rings is 8. The number of aromatic nitrogens is 1. The maximum Gasteiger partial charge on any atom is 0.0620 e. The van der Waals surface area contributed by atoms with Crippen molar-refractivity contribution < 1.29 is 0 Å². The first-order valence-electron chi connectivity index (χ1n) is 18.0. The van der Waals surface area contributed by atoms with Crippen molar-refractivity contribution in [3.05, 3.63) is 193 Å². The predicted molar refractivity (Wildman–Crippen MR) is 222 cm³/mol. The van der Waals surface area contributed by atoms with Crippen LogP contribution in [-0.2, 0) is 0 Å². The Kier molecular flexibility index (Phi) is 6.97. The summed E-state index contributed by atoms with van der Waals surface area (Å²) in [5.41, 5.74) is 17.0. The lowest BCUT2D eigenvalue weighted by Crippen LogP contribution is -2.11. The van der Waals surface area contributed by atoms with Crippen LogP contribution < -0.4 is 4.90 Å². The average molecular weight is 665 g/mol. The summed E-state index contributed by atoms with van der Waals surface area (Å²) in [6, 6.07) is 66.5. The second-order valence-corrected chi connectivity index (χ2v) is 13.9. The van der Waals surface area contributed by atoms with Gasteiger partial charge in [-0.05, 0) is 95.3 Å². The molecule has 52 heavy (non-hydrogen) atoms. The number of aryl methyl sites for hydroxylation is 2. The van der Waals surface area contributed by atoms with Crippen LogP contribution in [0.2, 0.25) is 0 Å². The molecule has 2 aromatic heterocycles. The first kappa shape index (κ1) is 30.2. The van der Waals surface area contributed by atoms with E-state index in [1.165, 1.54) is 82.6 Å². The van der Waals surface area contributed by atoms with Gasteiger partial charge in [-0.25, -0.2) is 0 Å². The molecule has 2 heteroatoms. The van der Waals surface area contributed by atoms with E-state index in [2.05, 4.69) is 205 Å². The Morgan fingerprint density at radius 2 is 0.962 bits per heavy atom. The van der Waals surface area contributed by atoms with Crippen molar-refractivity contribution in [1.82, 2.24) is 4.40 Å². The van der Waals surface area contributed by atoms with Gasteiger partial charge in [-0.15, -0.1) is 0 Å². The van der Waals surface area contributed by atoms with Crippen LogP contribution in [0.15, 0.2) is 182 Å². The van der Waals surface area contributed by atoms with Gasteiger partial charge in [0.1, 0.15) is 0 Å². The molecule has 0 aliphatic carbocycles. The molecule has 0 fully saturated rings. The molecule has 0 unspecified atom stereocenters. The molecule has 0 saturated carbocycles. The van der Waals surface area contributed by atoms with Crippen molar-refractivity contribution in [2.45, 2.75) is 13.8 Å². The van der Waals surface area contributed by atoms with E-state index in [0.29, 0.717) is 0 Å². The molecule has 2 heterocycles. The standard InChI is InChI=1S/C50H36N2/c1-33-13-6-7-16-40(33)41-30-28-39(31-34(41)2)51(38-26-23-36(24-27-38)35-14-4-3-5-15-35)47-21-10-8-17-42(47)37-25-29-44-46-20-12-19-45-43-18-9-11-22-48(43)52(50(45)46)49(44)32-37/h3-32H,1-2H3. The van der Waals surface area contributed by atoms with E-state index in [4.69, 9.17) is 0 Å². The molecule has 0 bridgehead atoms. The van der Waals surface area contributed by atoms with Gasteiger partial charge >= 0.3 is 0 Å². The number of fused-ring (bicyclic) bond motifs is 6. The van der Waals surface area contributed by atoms with Crippen LogP contribution in [0.5, 0.6) is 0 Å². The lowest BCUT2D eigenvalue weighted by molar-refractivity contribution is 1.27. The third-order valence-corrected chi connectivity index (χ3v) is 10.8. The highest BCUT2D eigenvalue weighted by molar-refractivity contribution is 6.23. The minimum absolute atomic E-state index is 1.11. The van der Waals surface area contributed by atoms with E-state index in [9.17, 15) is 0 Å². The zero-order valence-electron chi connectivity index (χ0n) is 29.2. The Morgan fingerprint density at radius 3 is 1.75 bits per heavy atom. The Balaban J connectivity index is 1.17. The maximum absolute atomic E-state index is 2.47. The van der Waals surface area contributed by atoms with Gasteiger partial charge < -0.3 is 9.30 Å². The van der Waals surface area contributed by atoms with Crippen LogP contribution in [0.1, 0.15) is 11.1 Å². The first-order valence-corrected chi connectivity index (χ1v) is 18.0. The summed E-state index contributed by atoms with van der Waals surface area (Å²) < 4.78 is 2.47. The van der Waals surface area contributed by atoms with E-state index >= 15 is 0 Å². The van der Waals surface area contributed by atoms with Crippen LogP contribution in [0.25, 0.3) is 71.5 Å². The van der Waals surface area contributed by atoms with Crippen molar-refractivity contribution in [2.75, 3.05) is 4.90 Å². The van der Waals surface area contributed by atoms with Gasteiger partial charge in [-0.3, -0.25) is 0 Å². The third-order valence-electron chi connectivity index (χ3n) is 10.8. The normalized spacial score (nSPS) is 11.7. The van der Waals surface area contributed by atoms with Gasteiger partial charge in [0.2, 0.25) is 0 Å². The fourth-order valence-corrected chi connectivity index (χ4v) is 8.34. The fourth-order valence-electron chi connectivity index (χ4n) is 8.34. The molecule has 10 aromatic rings. The second-order valence-electron chi connectivity index (χ2n) is 13.9. The molecule has 8 aromatic carbocycles. The van der Waals surface area contributed by atoms with E-state index in [1.807, 2.05) is 0 Å². The summed E-state index contributed by atoms with van der Waals surface area (Å²) in [5, 5.41) is 5.18. The lowest BCUT2D eigenvalue weighted by atomic mass is 9.95. The number of rotatable bonds is 6. The van der Waals surface area contributed by atoms with Gasteiger partial charge in [0.05, 0.1) is 22.2 Å². The van der Waals surface area contributed by atoms with E-state index in [1.54, 1.807) is 0 Å². The monoisotopic (exact) mass is 664 g/mol. The molecule has 0 amide bonds. The van der Waals surface area contributed by atoms with Crippen LogP contribution >= 0.6 is 0 Å². The van der Waals surface area contributed by atoms with Crippen LogP contribution in [0.4, 0.5) is 17.1 Å². The number of hydrogen-bond acceptors (Lipinski definition) is 1. The van der Waals surface area contributed by atoms with Gasteiger partial charge in [0, 0.05) is 38.5 Å². The Bertz CT molecular complexity index is 2910. The summed E-state index contributed by atoms with van der Waals surface area (Å²) in [6.45, 7) is 4.42. The van der Waals surface area contributed by atoms with Crippen LogP contribution in [0.3, 0.4) is 0 Å². The summed E-state index contributed by atoms with van der Waals surface area (Å²) in [4.78, 5) is 2.42. The van der Waals surface area contributed by atoms with Crippen molar-refractivity contribution in [3.63, 3.8) is 0 Å². The molecule has 0 aliphatic rings. The SMILES string of the molecule is Cc1ccccc1-c1ccc(N(c2ccc(-c3ccccc3)cc2)c2ccccc2-c2ccc3c4cccc5c6ccccc6n(c3c2)c54)cc1C. The maximum atomic E-state index is 2.47. The van der Waals surface area contributed by atoms with Gasteiger partial charge in [0.25, 0.3) is 0 Å². The topological polar surface area (TPSA) is 7.65 Å². The molecular formula is C50H36N2. The van der Waals surface area contributed by atoms with Gasteiger partial charge in [0.15, 0.2) is 0 Å². The Hall–Kier alpha value is -6.64. The lowest BCUT2D eigenvalue weighted by Gasteiger charge is -2.29. The number of hydrogen-bond donors (Lipinski definition) is 0. The van der Waals surface area contributed by atoms with Crippen molar-refractivity contribution >= 4 is 55.2 Å². The zero-order chi connectivity index (χ0) is 34.8. The fraction of sp³-hybridized carbons (Fsp3) is 0.0400. The van der Waals surface area contributed by atoms with Crippen LogP contribution in [0, 0.1) is 13.8 Å².